The average Bonchev–Trinajstić information content (AvgIpc) is 2.95. The molecule has 0 spiro atoms. The zero-order valence-electron chi connectivity index (χ0n) is 15.8. The van der Waals surface area contributed by atoms with Gasteiger partial charge in [-0.25, -0.2) is 0 Å². The third-order valence-corrected chi connectivity index (χ3v) is 5.70. The minimum absolute atomic E-state index is 0.0440. The minimum Gasteiger partial charge on any atom is -0.344 e. The molecule has 0 aliphatic heterocycles. The summed E-state index contributed by atoms with van der Waals surface area (Å²) < 4.78 is 5.29. The molecule has 2 aliphatic rings. The Balaban J connectivity index is 1.64. The molecule has 2 unspecified atom stereocenters. The molecule has 1 amide bonds. The number of nitrogens with zero attached hydrogens (tertiary/aromatic N) is 3. The number of carbonyl (C=O) groups is 1. The lowest BCUT2D eigenvalue weighted by molar-refractivity contribution is -0.129. The third kappa shape index (κ3) is 4.03. The third-order valence-electron chi connectivity index (χ3n) is 5.70. The monoisotopic (exact) mass is 349 g/mol. The van der Waals surface area contributed by atoms with Crippen LogP contribution in [-0.4, -0.2) is 41.1 Å². The molecule has 7 nitrogen and oxygen atoms in total. The van der Waals surface area contributed by atoms with Crippen LogP contribution in [-0.2, 0) is 16.9 Å². The van der Waals surface area contributed by atoms with Crippen LogP contribution in [0.5, 0.6) is 0 Å². The zero-order chi connectivity index (χ0) is 18.2. The lowest BCUT2D eigenvalue weighted by atomic mass is 9.65. The molecule has 0 aromatic carbocycles. The van der Waals surface area contributed by atoms with Crippen LogP contribution in [0.4, 0.5) is 0 Å². The second-order valence-electron chi connectivity index (χ2n) is 8.56. The number of nitrogens with one attached hydrogen (secondary N) is 1. The van der Waals surface area contributed by atoms with Crippen molar-refractivity contribution in [1.29, 1.82) is 0 Å². The van der Waals surface area contributed by atoms with Crippen molar-refractivity contribution in [3.8, 4) is 0 Å². The molecule has 2 bridgehead atoms. The Morgan fingerprint density at radius 1 is 1.32 bits per heavy atom. The standard InChI is InChI=1S/C18H31N5O2/c1-18(2,17-20-14(25-22-17)10-23(3)4)21-16(24)13-8-11-6-5-7-12(9-13)15(11)19/h11-13,15H,5-10,19H2,1-4H3,(H,21,24). The molecular formula is C18H31N5O2. The highest BCUT2D eigenvalue weighted by Crippen LogP contribution is 2.42. The maximum absolute atomic E-state index is 12.9. The van der Waals surface area contributed by atoms with Crippen LogP contribution in [0.25, 0.3) is 0 Å². The zero-order valence-corrected chi connectivity index (χ0v) is 15.8. The second kappa shape index (κ2) is 7.03. The first-order valence-electron chi connectivity index (χ1n) is 9.31. The molecule has 1 aromatic rings. The van der Waals surface area contributed by atoms with Crippen molar-refractivity contribution in [2.45, 2.75) is 64.1 Å². The van der Waals surface area contributed by atoms with Gasteiger partial charge in [0.05, 0.1) is 12.1 Å². The summed E-state index contributed by atoms with van der Waals surface area (Å²) in [5.74, 6) is 2.19. The summed E-state index contributed by atoms with van der Waals surface area (Å²) in [7, 11) is 3.89. The number of rotatable bonds is 5. The van der Waals surface area contributed by atoms with Crippen molar-refractivity contribution in [3.05, 3.63) is 11.7 Å². The molecule has 0 radical (unpaired) electrons. The van der Waals surface area contributed by atoms with Gasteiger partial charge in [-0.15, -0.1) is 0 Å². The second-order valence-corrected chi connectivity index (χ2v) is 8.56. The van der Waals surface area contributed by atoms with Gasteiger partial charge in [0, 0.05) is 12.0 Å². The Kier molecular flexibility index (Phi) is 5.16. The van der Waals surface area contributed by atoms with E-state index in [-0.39, 0.29) is 17.9 Å². The molecule has 1 heterocycles. The van der Waals surface area contributed by atoms with Crippen LogP contribution in [0.1, 0.15) is 57.7 Å². The molecule has 7 heteroatoms. The van der Waals surface area contributed by atoms with Crippen molar-refractivity contribution < 1.29 is 9.32 Å². The van der Waals surface area contributed by atoms with Gasteiger partial charge >= 0.3 is 0 Å². The Morgan fingerprint density at radius 3 is 2.56 bits per heavy atom. The van der Waals surface area contributed by atoms with E-state index < -0.39 is 5.54 Å². The number of carbonyl (C=O) groups excluding carboxylic acids is 1. The van der Waals surface area contributed by atoms with E-state index in [2.05, 4.69) is 15.5 Å². The Labute approximate surface area is 149 Å². The molecule has 2 aliphatic carbocycles. The molecule has 2 saturated carbocycles. The van der Waals surface area contributed by atoms with E-state index in [9.17, 15) is 4.79 Å². The van der Waals surface area contributed by atoms with E-state index in [1.54, 1.807) is 0 Å². The summed E-state index contributed by atoms with van der Waals surface area (Å²) >= 11 is 0. The number of hydrogen-bond acceptors (Lipinski definition) is 6. The fourth-order valence-electron chi connectivity index (χ4n) is 4.31. The maximum atomic E-state index is 12.9. The highest BCUT2D eigenvalue weighted by Gasteiger charge is 2.42. The highest BCUT2D eigenvalue weighted by molar-refractivity contribution is 5.79. The van der Waals surface area contributed by atoms with Gasteiger partial charge in [-0.1, -0.05) is 11.6 Å². The summed E-state index contributed by atoms with van der Waals surface area (Å²) in [6.07, 6.45) is 5.36. The summed E-state index contributed by atoms with van der Waals surface area (Å²) in [4.78, 5) is 19.3. The average molecular weight is 349 g/mol. The van der Waals surface area contributed by atoms with Gasteiger partial charge < -0.3 is 20.5 Å². The maximum Gasteiger partial charge on any atom is 0.240 e. The summed E-state index contributed by atoms with van der Waals surface area (Å²) in [6, 6.07) is 0.275. The molecular weight excluding hydrogens is 318 g/mol. The van der Waals surface area contributed by atoms with Crippen molar-refractivity contribution in [2.24, 2.45) is 23.5 Å². The first-order valence-corrected chi connectivity index (χ1v) is 9.31. The van der Waals surface area contributed by atoms with Crippen LogP contribution in [0, 0.1) is 17.8 Å². The van der Waals surface area contributed by atoms with Crippen LogP contribution < -0.4 is 11.1 Å². The van der Waals surface area contributed by atoms with Gasteiger partial charge in [0.25, 0.3) is 0 Å². The number of amides is 1. The first kappa shape index (κ1) is 18.3. The van der Waals surface area contributed by atoms with Crippen molar-refractivity contribution in [1.82, 2.24) is 20.4 Å². The van der Waals surface area contributed by atoms with E-state index in [0.717, 1.165) is 25.7 Å². The predicted molar refractivity (Wildman–Crippen MR) is 94.4 cm³/mol. The summed E-state index contributed by atoms with van der Waals surface area (Å²) in [5.41, 5.74) is 5.69. The van der Waals surface area contributed by atoms with E-state index in [1.165, 1.54) is 6.42 Å². The van der Waals surface area contributed by atoms with E-state index in [1.807, 2.05) is 32.8 Å². The molecule has 0 saturated heterocycles. The van der Waals surface area contributed by atoms with Crippen LogP contribution >= 0.6 is 0 Å². The Bertz CT molecular complexity index is 598. The fraction of sp³-hybridized carbons (Fsp3) is 0.833. The highest BCUT2D eigenvalue weighted by atomic mass is 16.5. The minimum atomic E-state index is -0.653. The van der Waals surface area contributed by atoms with Gasteiger partial charge in [-0.3, -0.25) is 4.79 Å². The van der Waals surface area contributed by atoms with Crippen molar-refractivity contribution in [2.75, 3.05) is 14.1 Å². The van der Waals surface area contributed by atoms with E-state index in [4.69, 9.17) is 10.3 Å². The normalized spacial score (nSPS) is 29.7. The van der Waals surface area contributed by atoms with E-state index in [0.29, 0.717) is 30.1 Å². The largest absolute Gasteiger partial charge is 0.344 e. The van der Waals surface area contributed by atoms with Crippen LogP contribution in [0.15, 0.2) is 4.52 Å². The summed E-state index contributed by atoms with van der Waals surface area (Å²) in [5, 5.41) is 7.20. The van der Waals surface area contributed by atoms with Gasteiger partial charge in [0.1, 0.15) is 0 Å². The topological polar surface area (TPSA) is 97.3 Å². The smallest absolute Gasteiger partial charge is 0.240 e. The van der Waals surface area contributed by atoms with Crippen LogP contribution in [0.3, 0.4) is 0 Å². The number of nitrogens with two attached hydrogens (primary N) is 1. The van der Waals surface area contributed by atoms with Gasteiger partial charge in [0.2, 0.25) is 11.8 Å². The van der Waals surface area contributed by atoms with Gasteiger partial charge in [-0.2, -0.15) is 4.98 Å². The molecule has 3 N–H and O–H groups in total. The molecule has 2 fully saturated rings. The quantitative estimate of drug-likeness (QED) is 0.839. The molecule has 3 rings (SSSR count). The van der Waals surface area contributed by atoms with Gasteiger partial charge in [0.15, 0.2) is 5.82 Å². The van der Waals surface area contributed by atoms with Crippen molar-refractivity contribution >= 4 is 5.91 Å². The number of aromatic nitrogens is 2. The van der Waals surface area contributed by atoms with Gasteiger partial charge in [-0.05, 0) is 65.5 Å². The molecule has 140 valence electrons. The predicted octanol–water partition coefficient (Wildman–Crippen LogP) is 1.64. The fourth-order valence-corrected chi connectivity index (χ4v) is 4.31. The molecule has 1 aromatic heterocycles. The summed E-state index contributed by atoms with van der Waals surface area (Å²) in [6.45, 7) is 4.43. The number of hydrogen-bond donors (Lipinski definition) is 2. The SMILES string of the molecule is CN(C)Cc1nc(C(C)(C)NC(=O)C2CC3CCCC(C2)C3N)no1. The molecule has 2 atom stereocenters. The molecule has 25 heavy (non-hydrogen) atoms. The number of fused-ring (bicyclic) bond motifs is 2. The van der Waals surface area contributed by atoms with Crippen LogP contribution in [0.2, 0.25) is 0 Å². The Morgan fingerprint density at radius 2 is 1.96 bits per heavy atom. The Hall–Kier alpha value is -1.47. The lowest BCUT2D eigenvalue weighted by Gasteiger charge is -2.44. The van der Waals surface area contributed by atoms with Crippen molar-refractivity contribution in [3.63, 3.8) is 0 Å². The lowest BCUT2D eigenvalue weighted by Crippen LogP contribution is -2.51. The first-order chi connectivity index (χ1) is 11.8. The van der Waals surface area contributed by atoms with E-state index >= 15 is 0 Å².